The lowest BCUT2D eigenvalue weighted by atomic mass is 9.89. The first-order valence-corrected chi connectivity index (χ1v) is 4.30. The molecule has 1 nitrogen and oxygen atoms in total. The van der Waals surface area contributed by atoms with Crippen LogP contribution in [0.25, 0.3) is 0 Å². The van der Waals surface area contributed by atoms with Gasteiger partial charge in [-0.05, 0) is 18.1 Å². The molecule has 0 amide bonds. The van der Waals surface area contributed by atoms with E-state index >= 15 is 0 Å². The average molecular weight is 246 g/mol. The summed E-state index contributed by atoms with van der Waals surface area (Å²) in [7, 11) is 0. The van der Waals surface area contributed by atoms with E-state index in [0.29, 0.717) is 12.2 Å². The number of allylic oxidation sites excluding steroid dienone is 2. The van der Waals surface area contributed by atoms with Crippen molar-refractivity contribution in [3.8, 4) is 0 Å². The van der Waals surface area contributed by atoms with Crippen LogP contribution in [0.1, 0.15) is 6.42 Å². The first-order valence-electron chi connectivity index (χ1n) is 4.30. The third-order valence-electron chi connectivity index (χ3n) is 2.18. The number of hydrogen-bond donors (Lipinski definition) is 1. The molecule has 7 heteroatoms. The Balaban J connectivity index is 3.02. The van der Waals surface area contributed by atoms with Gasteiger partial charge in [0.2, 0.25) is 0 Å². The standard InChI is InChI=1S/C9H8F6O/c10-8(11,12)6-1-5(4-16)2-7(3-6)9(13,14)15/h1-2,6,16H,3-4H2. The van der Waals surface area contributed by atoms with Gasteiger partial charge >= 0.3 is 12.4 Å². The molecule has 0 saturated carbocycles. The van der Waals surface area contributed by atoms with Crippen molar-refractivity contribution in [1.82, 2.24) is 0 Å². The van der Waals surface area contributed by atoms with Gasteiger partial charge in [-0.15, -0.1) is 0 Å². The highest BCUT2D eigenvalue weighted by molar-refractivity contribution is 5.32. The van der Waals surface area contributed by atoms with Crippen LogP contribution >= 0.6 is 0 Å². The van der Waals surface area contributed by atoms with E-state index < -0.39 is 36.9 Å². The van der Waals surface area contributed by atoms with Crippen LogP contribution in [-0.2, 0) is 0 Å². The lowest BCUT2D eigenvalue weighted by Crippen LogP contribution is -2.27. The summed E-state index contributed by atoms with van der Waals surface area (Å²) in [6.45, 7) is -0.841. The molecule has 1 aliphatic rings. The van der Waals surface area contributed by atoms with Crippen molar-refractivity contribution in [2.24, 2.45) is 5.92 Å². The summed E-state index contributed by atoms with van der Waals surface area (Å²) in [5.74, 6) is -2.18. The molecule has 0 aliphatic heterocycles. The number of rotatable bonds is 1. The Labute approximate surface area is 87.1 Å². The van der Waals surface area contributed by atoms with Gasteiger partial charge in [0.25, 0.3) is 0 Å². The van der Waals surface area contributed by atoms with Crippen LogP contribution in [0.15, 0.2) is 23.3 Å². The van der Waals surface area contributed by atoms with Crippen molar-refractivity contribution in [2.75, 3.05) is 6.61 Å². The molecule has 0 saturated heterocycles. The molecule has 1 rings (SSSR count). The summed E-state index contributed by atoms with van der Waals surface area (Å²) >= 11 is 0. The topological polar surface area (TPSA) is 20.2 Å². The smallest absolute Gasteiger partial charge is 0.392 e. The van der Waals surface area contributed by atoms with Gasteiger partial charge < -0.3 is 5.11 Å². The Morgan fingerprint density at radius 3 is 2.12 bits per heavy atom. The van der Waals surface area contributed by atoms with E-state index in [2.05, 4.69) is 0 Å². The van der Waals surface area contributed by atoms with Crippen LogP contribution in [0.2, 0.25) is 0 Å². The van der Waals surface area contributed by atoms with Crippen molar-refractivity contribution in [3.05, 3.63) is 23.3 Å². The van der Waals surface area contributed by atoms with Crippen molar-refractivity contribution >= 4 is 0 Å². The molecule has 1 atom stereocenters. The maximum atomic E-state index is 12.3. The second-order valence-corrected chi connectivity index (χ2v) is 3.42. The number of aliphatic hydroxyl groups excluding tert-OH is 1. The Kier molecular flexibility index (Phi) is 3.37. The zero-order valence-corrected chi connectivity index (χ0v) is 7.86. The van der Waals surface area contributed by atoms with Gasteiger partial charge in [0.1, 0.15) is 0 Å². The molecule has 0 radical (unpaired) electrons. The van der Waals surface area contributed by atoms with Gasteiger partial charge in [-0.25, -0.2) is 0 Å². The van der Waals surface area contributed by atoms with E-state index in [1.54, 1.807) is 0 Å². The van der Waals surface area contributed by atoms with E-state index in [-0.39, 0.29) is 5.57 Å². The summed E-state index contributed by atoms with van der Waals surface area (Å²) in [6, 6.07) is 0. The first kappa shape index (κ1) is 13.1. The highest BCUT2D eigenvalue weighted by atomic mass is 19.4. The molecule has 92 valence electrons. The molecule has 0 bridgehead atoms. The van der Waals surface area contributed by atoms with Gasteiger partial charge in [0, 0.05) is 5.57 Å². The summed E-state index contributed by atoms with van der Waals surface area (Å²) in [5, 5.41) is 8.61. The van der Waals surface area contributed by atoms with Gasteiger partial charge in [-0.3, -0.25) is 0 Å². The Morgan fingerprint density at radius 1 is 1.19 bits per heavy atom. The predicted octanol–water partition coefficient (Wildman–Crippen LogP) is 2.98. The molecule has 0 aromatic carbocycles. The maximum Gasteiger partial charge on any atom is 0.412 e. The summed E-state index contributed by atoms with van der Waals surface area (Å²) in [5.41, 5.74) is -1.62. The highest BCUT2D eigenvalue weighted by Gasteiger charge is 2.45. The van der Waals surface area contributed by atoms with Gasteiger partial charge in [-0.2, -0.15) is 26.3 Å². The third-order valence-corrected chi connectivity index (χ3v) is 2.18. The average Bonchev–Trinajstić information content (AvgIpc) is 2.14. The van der Waals surface area contributed by atoms with Crippen LogP contribution in [0.3, 0.4) is 0 Å². The fourth-order valence-electron chi connectivity index (χ4n) is 1.39. The molecule has 0 heterocycles. The van der Waals surface area contributed by atoms with Crippen LogP contribution in [0.5, 0.6) is 0 Å². The SMILES string of the molecule is OCC1=CC(C(F)(F)F)CC(C(F)(F)F)=C1. The van der Waals surface area contributed by atoms with Crippen molar-refractivity contribution in [2.45, 2.75) is 18.8 Å². The zero-order valence-electron chi connectivity index (χ0n) is 7.86. The highest BCUT2D eigenvalue weighted by Crippen LogP contribution is 2.41. The fourth-order valence-corrected chi connectivity index (χ4v) is 1.39. The second-order valence-electron chi connectivity index (χ2n) is 3.42. The van der Waals surface area contributed by atoms with Gasteiger partial charge in [0.15, 0.2) is 0 Å². The second kappa shape index (κ2) is 4.12. The van der Waals surface area contributed by atoms with Crippen LogP contribution in [0.4, 0.5) is 26.3 Å². The minimum atomic E-state index is -4.79. The minimum absolute atomic E-state index is 0.360. The Hall–Kier alpha value is -0.980. The number of alkyl halides is 6. The third kappa shape index (κ3) is 3.01. The lowest BCUT2D eigenvalue weighted by Gasteiger charge is -2.24. The molecule has 0 aromatic heterocycles. The molecule has 1 unspecified atom stereocenters. The predicted molar refractivity (Wildman–Crippen MR) is 43.5 cm³/mol. The molecule has 0 spiro atoms. The van der Waals surface area contributed by atoms with Crippen LogP contribution < -0.4 is 0 Å². The molecular weight excluding hydrogens is 238 g/mol. The Morgan fingerprint density at radius 2 is 1.75 bits per heavy atom. The van der Waals surface area contributed by atoms with Crippen LogP contribution in [-0.4, -0.2) is 24.1 Å². The summed E-state index contributed by atoms with van der Waals surface area (Å²) < 4.78 is 73.7. The number of halogens is 6. The monoisotopic (exact) mass is 246 g/mol. The maximum absolute atomic E-state index is 12.3. The minimum Gasteiger partial charge on any atom is -0.392 e. The van der Waals surface area contributed by atoms with Crippen molar-refractivity contribution in [1.29, 1.82) is 0 Å². The molecule has 0 fully saturated rings. The largest absolute Gasteiger partial charge is 0.412 e. The van der Waals surface area contributed by atoms with E-state index in [1.807, 2.05) is 0 Å². The molecule has 16 heavy (non-hydrogen) atoms. The van der Waals surface area contributed by atoms with E-state index in [0.717, 1.165) is 0 Å². The Bertz CT molecular complexity index is 322. The van der Waals surface area contributed by atoms with Gasteiger partial charge in [-0.1, -0.05) is 6.08 Å². The molecular formula is C9H8F6O. The summed E-state index contributed by atoms with van der Waals surface area (Å²) in [4.78, 5) is 0. The number of hydrogen-bond acceptors (Lipinski definition) is 1. The fraction of sp³-hybridized carbons (Fsp3) is 0.556. The van der Waals surface area contributed by atoms with E-state index in [1.165, 1.54) is 0 Å². The molecule has 1 aliphatic carbocycles. The number of aliphatic hydroxyl groups is 1. The van der Waals surface area contributed by atoms with E-state index in [9.17, 15) is 26.3 Å². The molecule has 1 N–H and O–H groups in total. The van der Waals surface area contributed by atoms with Crippen LogP contribution in [0, 0.1) is 5.92 Å². The van der Waals surface area contributed by atoms with Crippen molar-refractivity contribution in [3.63, 3.8) is 0 Å². The lowest BCUT2D eigenvalue weighted by molar-refractivity contribution is -0.166. The quantitative estimate of drug-likeness (QED) is 0.705. The van der Waals surface area contributed by atoms with E-state index in [4.69, 9.17) is 5.11 Å². The molecule has 0 aromatic rings. The van der Waals surface area contributed by atoms with Crippen molar-refractivity contribution < 1.29 is 31.4 Å². The first-order chi connectivity index (χ1) is 7.14. The van der Waals surface area contributed by atoms with Gasteiger partial charge in [0.05, 0.1) is 12.5 Å². The summed E-state index contributed by atoms with van der Waals surface area (Å²) in [6.07, 6.45) is -9.47. The normalized spacial score (nSPS) is 22.8. The zero-order chi connectivity index (χ0) is 12.6.